The summed E-state index contributed by atoms with van der Waals surface area (Å²) in [7, 11) is 0. The Labute approximate surface area is 113 Å². The summed E-state index contributed by atoms with van der Waals surface area (Å²) in [4.78, 5) is 8.02. The Balaban J connectivity index is 2.21. The maximum atomic E-state index is 7.21. The van der Waals surface area contributed by atoms with Crippen molar-refractivity contribution < 1.29 is 4.74 Å². The van der Waals surface area contributed by atoms with Gasteiger partial charge in [0.25, 0.3) is 0 Å². The van der Waals surface area contributed by atoms with Gasteiger partial charge in [-0.15, -0.1) is 0 Å². The molecule has 5 nitrogen and oxygen atoms in total. The van der Waals surface area contributed by atoms with Crippen LogP contribution in [-0.2, 0) is 0 Å². The van der Waals surface area contributed by atoms with E-state index in [-0.39, 0.29) is 5.84 Å². The van der Waals surface area contributed by atoms with Crippen molar-refractivity contribution in [1.82, 2.24) is 9.97 Å². The number of ether oxygens (including phenoxy) is 1. The predicted molar refractivity (Wildman–Crippen MR) is 72.0 cm³/mol. The standard InChI is InChI=1S/C12H11BrN4O/c1-7-4-8(13)2-3-10(7)18-11-6-16-9(5-17-11)12(14)15/h2-6H,1H3,(H3,14,15). The molecule has 18 heavy (non-hydrogen) atoms. The number of aromatic nitrogens is 2. The Morgan fingerprint density at radius 1 is 1.33 bits per heavy atom. The van der Waals surface area contributed by atoms with Crippen molar-refractivity contribution in [2.24, 2.45) is 5.73 Å². The first-order valence-electron chi connectivity index (χ1n) is 5.16. The van der Waals surface area contributed by atoms with Crippen molar-refractivity contribution in [1.29, 1.82) is 5.41 Å². The summed E-state index contributed by atoms with van der Waals surface area (Å²) in [6.07, 6.45) is 2.85. The highest BCUT2D eigenvalue weighted by Crippen LogP contribution is 2.25. The van der Waals surface area contributed by atoms with Crippen molar-refractivity contribution in [2.45, 2.75) is 6.92 Å². The van der Waals surface area contributed by atoms with Crippen LogP contribution in [0.15, 0.2) is 35.1 Å². The summed E-state index contributed by atoms with van der Waals surface area (Å²) in [5.41, 5.74) is 6.61. The zero-order valence-corrected chi connectivity index (χ0v) is 11.2. The van der Waals surface area contributed by atoms with E-state index in [4.69, 9.17) is 15.9 Å². The number of halogens is 1. The van der Waals surface area contributed by atoms with Gasteiger partial charge in [-0.25, -0.2) is 9.97 Å². The van der Waals surface area contributed by atoms with Crippen LogP contribution in [0, 0.1) is 12.3 Å². The molecule has 0 saturated carbocycles. The number of amidine groups is 1. The van der Waals surface area contributed by atoms with Crippen LogP contribution >= 0.6 is 15.9 Å². The number of nitrogen functional groups attached to an aromatic ring is 1. The normalized spacial score (nSPS) is 10.1. The summed E-state index contributed by atoms with van der Waals surface area (Å²) in [5, 5.41) is 7.21. The van der Waals surface area contributed by atoms with E-state index in [1.165, 1.54) is 12.4 Å². The van der Waals surface area contributed by atoms with Crippen LogP contribution in [0.5, 0.6) is 11.6 Å². The summed E-state index contributed by atoms with van der Waals surface area (Å²) in [6, 6.07) is 5.69. The smallest absolute Gasteiger partial charge is 0.237 e. The highest BCUT2D eigenvalue weighted by atomic mass is 79.9. The molecule has 1 aromatic carbocycles. The van der Waals surface area contributed by atoms with Crippen molar-refractivity contribution in [3.05, 3.63) is 46.3 Å². The van der Waals surface area contributed by atoms with Crippen molar-refractivity contribution in [2.75, 3.05) is 0 Å². The van der Waals surface area contributed by atoms with Gasteiger partial charge in [0.1, 0.15) is 17.3 Å². The first-order valence-corrected chi connectivity index (χ1v) is 5.96. The quantitative estimate of drug-likeness (QED) is 0.674. The molecule has 0 radical (unpaired) electrons. The van der Waals surface area contributed by atoms with Gasteiger partial charge < -0.3 is 10.5 Å². The number of rotatable bonds is 3. The lowest BCUT2D eigenvalue weighted by molar-refractivity contribution is 0.456. The van der Waals surface area contributed by atoms with Crippen LogP contribution in [-0.4, -0.2) is 15.8 Å². The van der Waals surface area contributed by atoms with E-state index >= 15 is 0 Å². The molecular weight excluding hydrogens is 296 g/mol. The average Bonchev–Trinajstić information content (AvgIpc) is 2.33. The predicted octanol–water partition coefficient (Wildman–Crippen LogP) is 2.62. The maximum Gasteiger partial charge on any atom is 0.237 e. The van der Waals surface area contributed by atoms with Crippen LogP contribution in [0.2, 0.25) is 0 Å². The second kappa shape index (κ2) is 5.14. The van der Waals surface area contributed by atoms with Crippen molar-refractivity contribution in [3.8, 4) is 11.6 Å². The first kappa shape index (κ1) is 12.5. The van der Waals surface area contributed by atoms with E-state index in [1.54, 1.807) is 0 Å². The molecule has 0 fully saturated rings. The summed E-state index contributed by atoms with van der Waals surface area (Å²) < 4.78 is 6.58. The molecule has 92 valence electrons. The molecule has 0 atom stereocenters. The van der Waals surface area contributed by atoms with Gasteiger partial charge in [-0.1, -0.05) is 15.9 Å². The van der Waals surface area contributed by atoms with Gasteiger partial charge in [0, 0.05) is 4.47 Å². The molecule has 0 unspecified atom stereocenters. The molecule has 1 heterocycles. The summed E-state index contributed by atoms with van der Waals surface area (Å²) in [5.74, 6) is 0.961. The van der Waals surface area contributed by atoms with E-state index in [1.807, 2.05) is 25.1 Å². The Hall–Kier alpha value is -1.95. The molecule has 0 aliphatic rings. The number of nitrogens with zero attached hydrogens (tertiary/aromatic N) is 2. The van der Waals surface area contributed by atoms with E-state index in [2.05, 4.69) is 25.9 Å². The minimum atomic E-state index is -0.117. The first-order chi connectivity index (χ1) is 8.56. The number of hydrogen-bond acceptors (Lipinski definition) is 4. The summed E-state index contributed by atoms with van der Waals surface area (Å²) >= 11 is 3.39. The molecule has 2 aromatic rings. The number of aryl methyl sites for hydroxylation is 1. The fourth-order valence-corrected chi connectivity index (χ4v) is 1.82. The Morgan fingerprint density at radius 3 is 2.67 bits per heavy atom. The zero-order chi connectivity index (χ0) is 13.1. The van der Waals surface area contributed by atoms with Crippen LogP contribution in [0.1, 0.15) is 11.3 Å². The minimum absolute atomic E-state index is 0.117. The van der Waals surface area contributed by atoms with Gasteiger partial charge >= 0.3 is 0 Å². The molecule has 0 aliphatic carbocycles. The molecular formula is C12H11BrN4O. The number of nitrogens with two attached hydrogens (primary N) is 1. The lowest BCUT2D eigenvalue weighted by atomic mass is 10.2. The van der Waals surface area contributed by atoms with Crippen LogP contribution in [0.25, 0.3) is 0 Å². The number of benzene rings is 1. The third-order valence-corrected chi connectivity index (χ3v) is 2.75. The lowest BCUT2D eigenvalue weighted by Gasteiger charge is -2.07. The van der Waals surface area contributed by atoms with Gasteiger partial charge in [-0.2, -0.15) is 0 Å². The van der Waals surface area contributed by atoms with Crippen LogP contribution in [0.3, 0.4) is 0 Å². The SMILES string of the molecule is Cc1cc(Br)ccc1Oc1cnc(C(=N)N)cn1. The molecule has 1 aromatic heterocycles. The highest BCUT2D eigenvalue weighted by molar-refractivity contribution is 9.10. The van der Waals surface area contributed by atoms with Crippen LogP contribution < -0.4 is 10.5 Å². The van der Waals surface area contributed by atoms with E-state index in [0.717, 1.165) is 10.0 Å². The van der Waals surface area contributed by atoms with Crippen LogP contribution in [0.4, 0.5) is 0 Å². The molecule has 0 bridgehead atoms. The lowest BCUT2D eigenvalue weighted by Crippen LogP contribution is -2.13. The van der Waals surface area contributed by atoms with Crippen molar-refractivity contribution >= 4 is 21.8 Å². The molecule has 0 spiro atoms. The van der Waals surface area contributed by atoms with Gasteiger partial charge in [0.05, 0.1) is 12.4 Å². The van der Waals surface area contributed by atoms with Gasteiger partial charge in [-0.05, 0) is 30.7 Å². The minimum Gasteiger partial charge on any atom is -0.437 e. The van der Waals surface area contributed by atoms with E-state index in [0.29, 0.717) is 17.3 Å². The topological polar surface area (TPSA) is 84.9 Å². The molecule has 2 rings (SSSR count). The maximum absolute atomic E-state index is 7.21. The largest absolute Gasteiger partial charge is 0.437 e. The second-order valence-corrected chi connectivity index (χ2v) is 4.58. The third-order valence-electron chi connectivity index (χ3n) is 2.26. The number of nitrogens with one attached hydrogen (secondary N) is 1. The average molecular weight is 307 g/mol. The summed E-state index contributed by atoms with van der Waals surface area (Å²) in [6.45, 7) is 1.94. The molecule has 0 saturated heterocycles. The fourth-order valence-electron chi connectivity index (χ4n) is 1.35. The highest BCUT2D eigenvalue weighted by Gasteiger charge is 2.05. The third kappa shape index (κ3) is 2.84. The monoisotopic (exact) mass is 306 g/mol. The molecule has 6 heteroatoms. The molecule has 0 aliphatic heterocycles. The number of hydrogen-bond donors (Lipinski definition) is 2. The fraction of sp³-hybridized carbons (Fsp3) is 0.0833. The zero-order valence-electron chi connectivity index (χ0n) is 9.64. The van der Waals surface area contributed by atoms with Gasteiger partial charge in [0.2, 0.25) is 5.88 Å². The Bertz CT molecular complexity index is 583. The Kier molecular flexibility index (Phi) is 3.57. The van der Waals surface area contributed by atoms with E-state index < -0.39 is 0 Å². The van der Waals surface area contributed by atoms with Crippen molar-refractivity contribution in [3.63, 3.8) is 0 Å². The van der Waals surface area contributed by atoms with Gasteiger partial charge in [0.15, 0.2) is 0 Å². The second-order valence-electron chi connectivity index (χ2n) is 3.67. The van der Waals surface area contributed by atoms with Gasteiger partial charge in [-0.3, -0.25) is 5.41 Å². The Morgan fingerprint density at radius 2 is 2.11 bits per heavy atom. The molecule has 3 N–H and O–H groups in total. The molecule has 0 amide bonds. The van der Waals surface area contributed by atoms with E-state index in [9.17, 15) is 0 Å².